The van der Waals surface area contributed by atoms with Gasteiger partial charge in [0.1, 0.15) is 11.6 Å². The Morgan fingerprint density at radius 2 is 2.15 bits per heavy atom. The van der Waals surface area contributed by atoms with Crippen molar-refractivity contribution in [1.29, 1.82) is 0 Å². The van der Waals surface area contributed by atoms with Gasteiger partial charge in [-0.15, -0.1) is 0 Å². The van der Waals surface area contributed by atoms with Crippen molar-refractivity contribution in [3.8, 4) is 0 Å². The van der Waals surface area contributed by atoms with E-state index < -0.39 is 17.2 Å². The molecule has 1 fully saturated rings. The fourth-order valence-electron chi connectivity index (χ4n) is 2.61. The van der Waals surface area contributed by atoms with Crippen LogP contribution in [0.25, 0.3) is 0 Å². The summed E-state index contributed by atoms with van der Waals surface area (Å²) in [6.45, 7) is 2.11. The summed E-state index contributed by atoms with van der Waals surface area (Å²) >= 11 is 0. The Kier molecular flexibility index (Phi) is 3.25. The fraction of sp³-hybridized carbons (Fsp3) is 0.429. The SMILES string of the molecule is Cc1nc(CNC2(c3ccc(F)cc3F)CCC2)no1. The zero-order valence-corrected chi connectivity index (χ0v) is 11.1. The molecule has 1 saturated carbocycles. The number of nitrogens with zero attached hydrogens (tertiary/aromatic N) is 2. The number of hydrogen-bond donors (Lipinski definition) is 1. The highest BCUT2D eigenvalue weighted by atomic mass is 19.1. The van der Waals surface area contributed by atoms with Gasteiger partial charge >= 0.3 is 0 Å². The lowest BCUT2D eigenvalue weighted by atomic mass is 9.71. The fourth-order valence-corrected chi connectivity index (χ4v) is 2.61. The Morgan fingerprint density at radius 1 is 1.35 bits per heavy atom. The molecular formula is C14H15F2N3O. The van der Waals surface area contributed by atoms with E-state index in [1.165, 1.54) is 12.1 Å². The summed E-state index contributed by atoms with van der Waals surface area (Å²) in [6.07, 6.45) is 2.63. The summed E-state index contributed by atoms with van der Waals surface area (Å²) in [6, 6.07) is 3.73. The molecule has 1 heterocycles. The number of rotatable bonds is 4. The molecule has 20 heavy (non-hydrogen) atoms. The summed E-state index contributed by atoms with van der Waals surface area (Å²) in [4.78, 5) is 4.11. The van der Waals surface area contributed by atoms with Gasteiger partial charge < -0.3 is 9.84 Å². The average molecular weight is 279 g/mol. The van der Waals surface area contributed by atoms with Crippen molar-refractivity contribution in [2.45, 2.75) is 38.3 Å². The maximum Gasteiger partial charge on any atom is 0.223 e. The molecule has 0 saturated heterocycles. The Balaban J connectivity index is 1.80. The van der Waals surface area contributed by atoms with E-state index in [0.29, 0.717) is 23.8 Å². The van der Waals surface area contributed by atoms with Gasteiger partial charge in [0.05, 0.1) is 6.54 Å². The second kappa shape index (κ2) is 4.94. The number of hydrogen-bond acceptors (Lipinski definition) is 4. The molecule has 2 aromatic rings. The van der Waals surface area contributed by atoms with Crippen molar-refractivity contribution < 1.29 is 13.3 Å². The highest BCUT2D eigenvalue weighted by Gasteiger charge is 2.40. The molecule has 3 rings (SSSR count). The quantitative estimate of drug-likeness (QED) is 0.935. The van der Waals surface area contributed by atoms with Gasteiger partial charge in [0.15, 0.2) is 5.82 Å². The van der Waals surface area contributed by atoms with Gasteiger partial charge in [0.25, 0.3) is 0 Å². The third-order valence-corrected chi connectivity index (χ3v) is 3.81. The van der Waals surface area contributed by atoms with Gasteiger partial charge in [-0.25, -0.2) is 8.78 Å². The van der Waals surface area contributed by atoms with Crippen LogP contribution < -0.4 is 5.32 Å². The number of nitrogens with one attached hydrogen (secondary N) is 1. The van der Waals surface area contributed by atoms with Crippen LogP contribution in [0.2, 0.25) is 0 Å². The van der Waals surface area contributed by atoms with E-state index >= 15 is 0 Å². The molecule has 0 atom stereocenters. The predicted molar refractivity (Wildman–Crippen MR) is 67.8 cm³/mol. The van der Waals surface area contributed by atoms with Crippen LogP contribution in [-0.2, 0) is 12.1 Å². The zero-order chi connectivity index (χ0) is 14.2. The second-order valence-corrected chi connectivity index (χ2v) is 5.14. The summed E-state index contributed by atoms with van der Waals surface area (Å²) in [5, 5.41) is 7.10. The van der Waals surface area contributed by atoms with E-state index in [1.807, 2.05) is 0 Å². The van der Waals surface area contributed by atoms with Crippen LogP contribution in [0.15, 0.2) is 22.7 Å². The Morgan fingerprint density at radius 3 is 2.70 bits per heavy atom. The van der Waals surface area contributed by atoms with E-state index in [4.69, 9.17) is 4.52 Å². The molecule has 1 aromatic heterocycles. The number of aryl methyl sites for hydroxylation is 1. The van der Waals surface area contributed by atoms with E-state index in [0.717, 1.165) is 25.3 Å². The van der Waals surface area contributed by atoms with Crippen LogP contribution in [0, 0.1) is 18.6 Å². The summed E-state index contributed by atoms with van der Waals surface area (Å²) < 4.78 is 31.9. The third-order valence-electron chi connectivity index (χ3n) is 3.81. The topological polar surface area (TPSA) is 51.0 Å². The van der Waals surface area contributed by atoms with Gasteiger partial charge in [0, 0.05) is 24.1 Å². The molecule has 106 valence electrons. The lowest BCUT2D eigenvalue weighted by Gasteiger charge is -2.43. The van der Waals surface area contributed by atoms with E-state index in [1.54, 1.807) is 6.92 Å². The zero-order valence-electron chi connectivity index (χ0n) is 11.1. The smallest absolute Gasteiger partial charge is 0.223 e. The van der Waals surface area contributed by atoms with Gasteiger partial charge in [-0.3, -0.25) is 0 Å². The van der Waals surface area contributed by atoms with E-state index in [-0.39, 0.29) is 0 Å². The molecule has 0 amide bonds. The minimum absolute atomic E-state index is 0.397. The van der Waals surface area contributed by atoms with Crippen molar-refractivity contribution in [1.82, 2.24) is 15.5 Å². The van der Waals surface area contributed by atoms with Gasteiger partial charge in [-0.05, 0) is 25.3 Å². The first-order chi connectivity index (χ1) is 9.59. The average Bonchev–Trinajstić information content (AvgIpc) is 2.76. The van der Waals surface area contributed by atoms with Crippen LogP contribution in [0.3, 0.4) is 0 Å². The molecule has 0 unspecified atom stereocenters. The summed E-state index contributed by atoms with van der Waals surface area (Å²) in [7, 11) is 0. The minimum Gasteiger partial charge on any atom is -0.340 e. The first-order valence-electron chi connectivity index (χ1n) is 6.59. The second-order valence-electron chi connectivity index (χ2n) is 5.14. The van der Waals surface area contributed by atoms with Crippen LogP contribution in [0.1, 0.15) is 36.5 Å². The van der Waals surface area contributed by atoms with Crippen molar-refractivity contribution >= 4 is 0 Å². The standard InChI is InChI=1S/C14H15F2N3O/c1-9-18-13(19-20-9)8-17-14(5-2-6-14)11-4-3-10(15)7-12(11)16/h3-4,7,17H,2,5-6,8H2,1H3. The first kappa shape index (κ1) is 13.2. The Labute approximate surface area is 115 Å². The highest BCUT2D eigenvalue weighted by molar-refractivity contribution is 5.29. The number of benzene rings is 1. The van der Waals surface area contributed by atoms with Crippen LogP contribution >= 0.6 is 0 Å². The Hall–Kier alpha value is -1.82. The maximum atomic E-state index is 14.0. The molecule has 1 aliphatic carbocycles. The molecule has 0 aliphatic heterocycles. The van der Waals surface area contributed by atoms with E-state index in [9.17, 15) is 8.78 Å². The molecule has 0 spiro atoms. The van der Waals surface area contributed by atoms with Gasteiger partial charge in [-0.1, -0.05) is 11.2 Å². The van der Waals surface area contributed by atoms with Crippen molar-refractivity contribution in [3.05, 3.63) is 47.1 Å². The molecular weight excluding hydrogens is 264 g/mol. The molecule has 0 radical (unpaired) electrons. The molecule has 1 aliphatic rings. The van der Waals surface area contributed by atoms with E-state index in [2.05, 4.69) is 15.5 Å². The monoisotopic (exact) mass is 279 g/mol. The lowest BCUT2D eigenvalue weighted by Crippen LogP contribution is -2.48. The molecule has 6 heteroatoms. The third kappa shape index (κ3) is 2.31. The maximum absolute atomic E-state index is 14.0. The minimum atomic E-state index is -0.561. The summed E-state index contributed by atoms with van der Waals surface area (Å²) in [5.74, 6) is -0.0373. The number of halogens is 2. The normalized spacial score (nSPS) is 16.9. The van der Waals surface area contributed by atoms with Crippen molar-refractivity contribution in [2.75, 3.05) is 0 Å². The van der Waals surface area contributed by atoms with Crippen LogP contribution in [0.4, 0.5) is 8.78 Å². The van der Waals surface area contributed by atoms with Crippen molar-refractivity contribution in [3.63, 3.8) is 0 Å². The van der Waals surface area contributed by atoms with Gasteiger partial charge in [0.2, 0.25) is 5.89 Å². The van der Waals surface area contributed by atoms with Crippen molar-refractivity contribution in [2.24, 2.45) is 0 Å². The summed E-state index contributed by atoms with van der Waals surface area (Å²) in [5.41, 5.74) is 0.0529. The molecule has 1 N–H and O–H groups in total. The molecule has 4 nitrogen and oxygen atoms in total. The molecule has 0 bridgehead atoms. The van der Waals surface area contributed by atoms with Gasteiger partial charge in [-0.2, -0.15) is 4.98 Å². The Bertz CT molecular complexity index is 623. The highest BCUT2D eigenvalue weighted by Crippen LogP contribution is 2.42. The molecule has 1 aromatic carbocycles. The number of aromatic nitrogens is 2. The predicted octanol–water partition coefficient (Wildman–Crippen LogP) is 2.83. The first-order valence-corrected chi connectivity index (χ1v) is 6.59. The van der Waals surface area contributed by atoms with Crippen LogP contribution in [-0.4, -0.2) is 10.1 Å². The van der Waals surface area contributed by atoms with Crippen LogP contribution in [0.5, 0.6) is 0 Å². The lowest BCUT2D eigenvalue weighted by molar-refractivity contribution is 0.175. The largest absolute Gasteiger partial charge is 0.340 e.